The van der Waals surface area contributed by atoms with Gasteiger partial charge in [-0.25, -0.2) is 9.37 Å². The number of anilines is 1. The van der Waals surface area contributed by atoms with Crippen molar-refractivity contribution >= 4 is 11.7 Å². The molecule has 19 heavy (non-hydrogen) atoms. The Morgan fingerprint density at radius 1 is 1.58 bits per heavy atom. The number of halogens is 1. The number of rotatable bonds is 2. The van der Waals surface area contributed by atoms with Crippen molar-refractivity contribution in [3.63, 3.8) is 0 Å². The summed E-state index contributed by atoms with van der Waals surface area (Å²) in [5.74, 6) is -0.610. The van der Waals surface area contributed by atoms with E-state index >= 15 is 0 Å². The highest BCUT2D eigenvalue weighted by Crippen LogP contribution is 2.23. The van der Waals surface area contributed by atoms with Crippen LogP contribution in [-0.4, -0.2) is 40.1 Å². The van der Waals surface area contributed by atoms with E-state index in [1.165, 1.54) is 0 Å². The van der Waals surface area contributed by atoms with Crippen LogP contribution < -0.4 is 5.73 Å². The number of pyridine rings is 1. The van der Waals surface area contributed by atoms with Gasteiger partial charge < -0.3 is 15.7 Å². The second kappa shape index (κ2) is 5.52. The van der Waals surface area contributed by atoms with Crippen LogP contribution in [0.4, 0.5) is 10.2 Å². The van der Waals surface area contributed by atoms with Crippen LogP contribution >= 0.6 is 0 Å². The lowest BCUT2D eigenvalue weighted by Gasteiger charge is -2.33. The molecule has 6 heteroatoms. The molecule has 2 heterocycles. The molecular formula is C13H18FN3O2. The van der Waals surface area contributed by atoms with E-state index in [0.717, 1.165) is 25.1 Å². The van der Waals surface area contributed by atoms with Crippen molar-refractivity contribution < 1.29 is 14.3 Å². The number of amides is 1. The third-order valence-electron chi connectivity index (χ3n) is 3.62. The Hall–Kier alpha value is -1.69. The van der Waals surface area contributed by atoms with Gasteiger partial charge in [-0.3, -0.25) is 4.79 Å². The number of aliphatic hydroxyl groups is 1. The highest BCUT2D eigenvalue weighted by atomic mass is 19.1. The topological polar surface area (TPSA) is 79.5 Å². The third kappa shape index (κ3) is 3.01. The number of hydrogen-bond donors (Lipinski definition) is 2. The van der Waals surface area contributed by atoms with Gasteiger partial charge in [0.2, 0.25) is 0 Å². The number of nitrogens with zero attached hydrogens (tertiary/aromatic N) is 2. The molecule has 1 unspecified atom stereocenters. The lowest BCUT2D eigenvalue weighted by atomic mass is 9.92. The molecular weight excluding hydrogens is 249 g/mol. The van der Waals surface area contributed by atoms with Crippen LogP contribution in [0.5, 0.6) is 0 Å². The molecule has 5 nitrogen and oxygen atoms in total. The van der Waals surface area contributed by atoms with Crippen molar-refractivity contribution in [1.29, 1.82) is 0 Å². The number of likely N-dealkylation sites (tertiary alicyclic amines) is 1. The molecule has 104 valence electrons. The summed E-state index contributed by atoms with van der Waals surface area (Å²) in [6, 6.07) is 1.12. The van der Waals surface area contributed by atoms with Gasteiger partial charge >= 0.3 is 0 Å². The average Bonchev–Trinajstić information content (AvgIpc) is 2.41. The van der Waals surface area contributed by atoms with E-state index in [1.54, 1.807) is 11.8 Å². The van der Waals surface area contributed by atoms with Crippen molar-refractivity contribution in [1.82, 2.24) is 9.88 Å². The fraction of sp³-hybridized carbons (Fsp3) is 0.538. The van der Waals surface area contributed by atoms with Gasteiger partial charge in [0.1, 0.15) is 11.6 Å². The molecule has 0 aromatic carbocycles. The van der Waals surface area contributed by atoms with Crippen LogP contribution in [0.1, 0.15) is 30.1 Å². The molecule has 1 aromatic heterocycles. The van der Waals surface area contributed by atoms with Gasteiger partial charge in [-0.2, -0.15) is 0 Å². The third-order valence-corrected chi connectivity index (χ3v) is 3.62. The van der Waals surface area contributed by atoms with Crippen LogP contribution in [0.15, 0.2) is 12.3 Å². The Bertz CT molecular complexity index is 471. The van der Waals surface area contributed by atoms with Crippen LogP contribution in [0, 0.1) is 11.7 Å². The standard InChI is InChI=1S/C13H18FN3O2/c1-8(18)9-2-4-17(5-3-9)13(19)11-6-10(14)7-16-12(11)15/h6-9,18H,2-5H2,1H3,(H2,15,16). The van der Waals surface area contributed by atoms with E-state index in [9.17, 15) is 14.3 Å². The van der Waals surface area contributed by atoms with Crippen LogP contribution in [0.2, 0.25) is 0 Å². The van der Waals surface area contributed by atoms with Crippen LogP contribution in [0.3, 0.4) is 0 Å². The van der Waals surface area contributed by atoms with E-state index in [-0.39, 0.29) is 29.3 Å². The molecule has 2 rings (SSSR count). The van der Waals surface area contributed by atoms with Crippen LogP contribution in [0.25, 0.3) is 0 Å². The van der Waals surface area contributed by atoms with E-state index < -0.39 is 5.82 Å². The molecule has 1 amide bonds. The molecule has 1 aliphatic heterocycles. The Morgan fingerprint density at radius 2 is 2.21 bits per heavy atom. The zero-order chi connectivity index (χ0) is 14.0. The smallest absolute Gasteiger partial charge is 0.257 e. The van der Waals surface area contributed by atoms with E-state index in [0.29, 0.717) is 13.1 Å². The second-order valence-corrected chi connectivity index (χ2v) is 4.96. The van der Waals surface area contributed by atoms with Crippen molar-refractivity contribution in [3.05, 3.63) is 23.6 Å². The van der Waals surface area contributed by atoms with E-state index in [2.05, 4.69) is 4.98 Å². The minimum atomic E-state index is -0.573. The number of carbonyl (C=O) groups is 1. The zero-order valence-electron chi connectivity index (χ0n) is 10.8. The summed E-state index contributed by atoms with van der Waals surface area (Å²) in [7, 11) is 0. The fourth-order valence-electron chi connectivity index (χ4n) is 2.38. The maximum atomic E-state index is 13.1. The fourth-order valence-corrected chi connectivity index (χ4v) is 2.38. The Balaban J connectivity index is 2.07. The first-order chi connectivity index (χ1) is 8.99. The summed E-state index contributed by atoms with van der Waals surface area (Å²) in [5.41, 5.74) is 5.71. The molecule has 1 aliphatic rings. The van der Waals surface area contributed by atoms with E-state index in [4.69, 9.17) is 5.73 Å². The first-order valence-corrected chi connectivity index (χ1v) is 6.37. The lowest BCUT2D eigenvalue weighted by molar-refractivity contribution is 0.0521. The van der Waals surface area contributed by atoms with Gasteiger partial charge in [0.25, 0.3) is 5.91 Å². The number of nitrogen functional groups attached to an aromatic ring is 1. The van der Waals surface area contributed by atoms with Crippen molar-refractivity contribution in [2.75, 3.05) is 18.8 Å². The monoisotopic (exact) mass is 267 g/mol. The largest absolute Gasteiger partial charge is 0.393 e. The summed E-state index contributed by atoms with van der Waals surface area (Å²) in [4.78, 5) is 17.5. The molecule has 1 atom stereocenters. The number of nitrogens with two attached hydrogens (primary N) is 1. The Kier molecular flexibility index (Phi) is 3.99. The highest BCUT2D eigenvalue weighted by Gasteiger charge is 2.27. The zero-order valence-corrected chi connectivity index (χ0v) is 10.8. The SMILES string of the molecule is CC(O)C1CCN(C(=O)c2cc(F)cnc2N)CC1. The van der Waals surface area contributed by atoms with Gasteiger partial charge in [0.05, 0.1) is 17.9 Å². The van der Waals surface area contributed by atoms with Gasteiger partial charge in [-0.05, 0) is 31.7 Å². The predicted molar refractivity (Wildman–Crippen MR) is 68.9 cm³/mol. The molecule has 0 spiro atoms. The molecule has 0 aliphatic carbocycles. The first-order valence-electron chi connectivity index (χ1n) is 6.37. The summed E-state index contributed by atoms with van der Waals surface area (Å²) in [6.45, 7) is 2.85. The quantitative estimate of drug-likeness (QED) is 0.839. The number of piperidine rings is 1. The molecule has 1 fully saturated rings. The predicted octanol–water partition coefficient (Wildman–Crippen LogP) is 1.04. The molecule has 1 saturated heterocycles. The molecule has 3 N–H and O–H groups in total. The van der Waals surface area contributed by atoms with Gasteiger partial charge in [0, 0.05) is 13.1 Å². The lowest BCUT2D eigenvalue weighted by Crippen LogP contribution is -2.41. The maximum absolute atomic E-state index is 13.1. The van der Waals surface area contributed by atoms with Crippen LogP contribution in [-0.2, 0) is 0 Å². The number of aromatic nitrogens is 1. The minimum Gasteiger partial charge on any atom is -0.393 e. The average molecular weight is 267 g/mol. The summed E-state index contributed by atoms with van der Waals surface area (Å²) < 4.78 is 13.1. The van der Waals surface area contributed by atoms with Crippen molar-refractivity contribution in [3.8, 4) is 0 Å². The second-order valence-electron chi connectivity index (χ2n) is 4.96. The number of hydrogen-bond acceptors (Lipinski definition) is 4. The highest BCUT2D eigenvalue weighted by molar-refractivity contribution is 5.98. The molecule has 0 bridgehead atoms. The van der Waals surface area contributed by atoms with E-state index in [1.807, 2.05) is 0 Å². The number of aliphatic hydroxyl groups excluding tert-OH is 1. The summed E-state index contributed by atoms with van der Waals surface area (Å²) >= 11 is 0. The maximum Gasteiger partial charge on any atom is 0.257 e. The van der Waals surface area contributed by atoms with Crippen molar-refractivity contribution in [2.24, 2.45) is 5.92 Å². The van der Waals surface area contributed by atoms with Gasteiger partial charge in [-0.1, -0.05) is 0 Å². The number of carbonyl (C=O) groups excluding carboxylic acids is 1. The molecule has 1 aromatic rings. The molecule has 0 radical (unpaired) electrons. The van der Waals surface area contributed by atoms with Crippen molar-refractivity contribution in [2.45, 2.75) is 25.9 Å². The Labute approximate surface area is 111 Å². The molecule has 0 saturated carbocycles. The Morgan fingerprint density at radius 3 is 2.79 bits per heavy atom. The van der Waals surface area contributed by atoms with Gasteiger partial charge in [-0.15, -0.1) is 0 Å². The van der Waals surface area contributed by atoms with Gasteiger partial charge in [0.15, 0.2) is 0 Å². The summed E-state index contributed by atoms with van der Waals surface area (Å²) in [6.07, 6.45) is 2.11. The first kappa shape index (κ1) is 13.7. The minimum absolute atomic E-state index is 0.0454. The summed E-state index contributed by atoms with van der Waals surface area (Å²) in [5, 5.41) is 9.52. The normalized spacial score (nSPS) is 18.4.